The Hall–Kier alpha value is -0.810. The van der Waals surface area contributed by atoms with Crippen molar-refractivity contribution in [3.63, 3.8) is 0 Å². The average Bonchev–Trinajstić information content (AvgIpc) is 2.04. The summed E-state index contributed by atoms with van der Waals surface area (Å²) in [5.74, 6) is 0. The van der Waals surface area contributed by atoms with Crippen LogP contribution in [0.25, 0.3) is 0 Å². The standard InChI is InChI=1S/C8H18N2O3/c1-3-12-7(13-4-2)5-6-10-8(9)11/h7H,3-6H2,1-2H3,(H3,9,10,11). The highest BCUT2D eigenvalue weighted by atomic mass is 16.7. The van der Waals surface area contributed by atoms with Crippen molar-refractivity contribution >= 4 is 6.03 Å². The molecule has 0 aromatic heterocycles. The van der Waals surface area contributed by atoms with E-state index in [4.69, 9.17) is 15.2 Å². The van der Waals surface area contributed by atoms with E-state index in [1.165, 1.54) is 0 Å². The van der Waals surface area contributed by atoms with E-state index in [0.29, 0.717) is 26.2 Å². The highest BCUT2D eigenvalue weighted by molar-refractivity contribution is 5.71. The van der Waals surface area contributed by atoms with Crippen molar-refractivity contribution in [3.05, 3.63) is 0 Å². The summed E-state index contributed by atoms with van der Waals surface area (Å²) >= 11 is 0. The Balaban J connectivity index is 3.49. The molecular formula is C8H18N2O3. The molecule has 3 N–H and O–H groups in total. The summed E-state index contributed by atoms with van der Waals surface area (Å²) in [6, 6.07) is -0.522. The molecule has 0 aliphatic carbocycles. The summed E-state index contributed by atoms with van der Waals surface area (Å²) in [4.78, 5) is 10.3. The van der Waals surface area contributed by atoms with E-state index in [-0.39, 0.29) is 6.29 Å². The van der Waals surface area contributed by atoms with Gasteiger partial charge in [0, 0.05) is 26.2 Å². The van der Waals surface area contributed by atoms with E-state index in [9.17, 15) is 4.79 Å². The van der Waals surface area contributed by atoms with E-state index in [2.05, 4.69) is 5.32 Å². The maximum atomic E-state index is 10.3. The second kappa shape index (κ2) is 7.82. The van der Waals surface area contributed by atoms with Gasteiger partial charge in [-0.2, -0.15) is 0 Å². The van der Waals surface area contributed by atoms with Gasteiger partial charge in [0.15, 0.2) is 6.29 Å². The van der Waals surface area contributed by atoms with Gasteiger partial charge in [0.1, 0.15) is 0 Å². The first kappa shape index (κ1) is 12.2. The molecule has 0 bridgehead atoms. The van der Waals surface area contributed by atoms with Crippen LogP contribution < -0.4 is 11.1 Å². The van der Waals surface area contributed by atoms with Crippen molar-refractivity contribution in [1.29, 1.82) is 0 Å². The molecule has 0 fully saturated rings. The smallest absolute Gasteiger partial charge is 0.312 e. The molecule has 0 aromatic carbocycles. The molecule has 0 rings (SSSR count). The molecule has 0 heterocycles. The topological polar surface area (TPSA) is 73.6 Å². The molecule has 78 valence electrons. The first-order valence-corrected chi connectivity index (χ1v) is 4.47. The minimum Gasteiger partial charge on any atom is -0.353 e. The van der Waals surface area contributed by atoms with Crippen LogP contribution in [-0.4, -0.2) is 32.1 Å². The van der Waals surface area contributed by atoms with Crippen molar-refractivity contribution < 1.29 is 14.3 Å². The number of primary amides is 1. The molecule has 0 unspecified atom stereocenters. The van der Waals surface area contributed by atoms with Crippen LogP contribution in [0.1, 0.15) is 20.3 Å². The molecule has 0 radical (unpaired) electrons. The molecule has 0 spiro atoms. The largest absolute Gasteiger partial charge is 0.353 e. The fraction of sp³-hybridized carbons (Fsp3) is 0.875. The zero-order valence-corrected chi connectivity index (χ0v) is 8.21. The first-order chi connectivity index (χ1) is 6.20. The SMILES string of the molecule is CCOC(CCNC(N)=O)OCC. The van der Waals surface area contributed by atoms with Crippen molar-refractivity contribution in [2.45, 2.75) is 26.6 Å². The molecule has 0 aliphatic heterocycles. The van der Waals surface area contributed by atoms with E-state index in [1.807, 2.05) is 13.8 Å². The molecule has 2 amide bonds. The number of carbonyl (C=O) groups is 1. The molecule has 0 saturated heterocycles. The third-order valence-electron chi connectivity index (χ3n) is 1.38. The zero-order valence-electron chi connectivity index (χ0n) is 8.21. The predicted octanol–water partition coefficient (Wildman–Crippen LogP) is 0.444. The van der Waals surface area contributed by atoms with E-state index in [0.717, 1.165) is 0 Å². The van der Waals surface area contributed by atoms with E-state index >= 15 is 0 Å². The Morgan fingerprint density at radius 1 is 1.38 bits per heavy atom. The number of nitrogens with two attached hydrogens (primary N) is 1. The fourth-order valence-corrected chi connectivity index (χ4v) is 0.900. The van der Waals surface area contributed by atoms with Gasteiger partial charge in [-0.25, -0.2) is 4.79 Å². The van der Waals surface area contributed by atoms with Crippen molar-refractivity contribution in [3.8, 4) is 0 Å². The molecule has 0 aliphatic rings. The minimum absolute atomic E-state index is 0.248. The van der Waals surface area contributed by atoms with Crippen LogP contribution in [0.2, 0.25) is 0 Å². The highest BCUT2D eigenvalue weighted by Gasteiger charge is 2.06. The Morgan fingerprint density at radius 3 is 2.31 bits per heavy atom. The number of ether oxygens (including phenoxy) is 2. The minimum atomic E-state index is -0.522. The number of hydrogen-bond acceptors (Lipinski definition) is 3. The van der Waals surface area contributed by atoms with Gasteiger partial charge in [-0.05, 0) is 13.8 Å². The Kier molecular flexibility index (Phi) is 7.33. The fourth-order valence-electron chi connectivity index (χ4n) is 0.900. The summed E-state index contributed by atoms with van der Waals surface area (Å²) in [6.07, 6.45) is 0.367. The third-order valence-corrected chi connectivity index (χ3v) is 1.38. The van der Waals surface area contributed by atoms with Crippen molar-refractivity contribution in [2.24, 2.45) is 5.73 Å². The summed E-state index contributed by atoms with van der Waals surface area (Å²) in [5, 5.41) is 2.47. The second-order valence-corrected chi connectivity index (χ2v) is 2.42. The third kappa shape index (κ3) is 7.55. The lowest BCUT2D eigenvalue weighted by Crippen LogP contribution is -2.33. The lowest BCUT2D eigenvalue weighted by Gasteiger charge is -2.16. The van der Waals surface area contributed by atoms with Crippen LogP contribution in [-0.2, 0) is 9.47 Å². The molecule has 0 aromatic rings. The number of hydrogen-bond donors (Lipinski definition) is 2. The predicted molar refractivity (Wildman–Crippen MR) is 49.2 cm³/mol. The summed E-state index contributed by atoms with van der Waals surface area (Å²) in [7, 11) is 0. The van der Waals surface area contributed by atoms with Crippen molar-refractivity contribution in [2.75, 3.05) is 19.8 Å². The van der Waals surface area contributed by atoms with Gasteiger partial charge < -0.3 is 20.5 Å². The average molecular weight is 190 g/mol. The van der Waals surface area contributed by atoms with Gasteiger partial charge in [0.25, 0.3) is 0 Å². The number of amides is 2. The van der Waals surface area contributed by atoms with Crippen LogP contribution in [0.5, 0.6) is 0 Å². The Bertz CT molecular complexity index is 135. The lowest BCUT2D eigenvalue weighted by atomic mass is 10.4. The number of rotatable bonds is 7. The quantitative estimate of drug-likeness (QED) is 0.572. The van der Waals surface area contributed by atoms with Gasteiger partial charge in [-0.15, -0.1) is 0 Å². The van der Waals surface area contributed by atoms with Crippen LogP contribution in [0.15, 0.2) is 0 Å². The molecule has 0 saturated carbocycles. The first-order valence-electron chi connectivity index (χ1n) is 4.47. The van der Waals surface area contributed by atoms with Gasteiger partial charge >= 0.3 is 6.03 Å². The molecule has 5 heteroatoms. The zero-order chi connectivity index (χ0) is 10.1. The van der Waals surface area contributed by atoms with Crippen LogP contribution in [0.4, 0.5) is 4.79 Å². The summed E-state index contributed by atoms with van der Waals surface area (Å²) in [5.41, 5.74) is 4.89. The van der Waals surface area contributed by atoms with E-state index in [1.54, 1.807) is 0 Å². The van der Waals surface area contributed by atoms with Gasteiger partial charge in [0.2, 0.25) is 0 Å². The molecule has 0 atom stereocenters. The lowest BCUT2D eigenvalue weighted by molar-refractivity contribution is -0.138. The van der Waals surface area contributed by atoms with Crippen LogP contribution >= 0.6 is 0 Å². The van der Waals surface area contributed by atoms with E-state index < -0.39 is 6.03 Å². The maximum absolute atomic E-state index is 10.3. The molecule has 13 heavy (non-hydrogen) atoms. The van der Waals surface area contributed by atoms with Crippen LogP contribution in [0.3, 0.4) is 0 Å². The highest BCUT2D eigenvalue weighted by Crippen LogP contribution is 1.99. The van der Waals surface area contributed by atoms with Crippen molar-refractivity contribution in [1.82, 2.24) is 5.32 Å². The monoisotopic (exact) mass is 190 g/mol. The summed E-state index contributed by atoms with van der Waals surface area (Å²) in [6.45, 7) is 5.46. The number of nitrogens with one attached hydrogen (secondary N) is 1. The maximum Gasteiger partial charge on any atom is 0.312 e. The van der Waals surface area contributed by atoms with Gasteiger partial charge in [0.05, 0.1) is 0 Å². The Labute approximate surface area is 78.6 Å². The normalized spacial score (nSPS) is 10.4. The number of carbonyl (C=O) groups excluding carboxylic acids is 1. The Morgan fingerprint density at radius 2 is 1.92 bits per heavy atom. The van der Waals surface area contributed by atoms with Crippen LogP contribution in [0, 0.1) is 0 Å². The van der Waals surface area contributed by atoms with Gasteiger partial charge in [-0.1, -0.05) is 0 Å². The molecular weight excluding hydrogens is 172 g/mol. The van der Waals surface area contributed by atoms with Gasteiger partial charge in [-0.3, -0.25) is 0 Å². The number of urea groups is 1. The summed E-state index contributed by atoms with van der Waals surface area (Å²) < 4.78 is 10.5. The molecule has 5 nitrogen and oxygen atoms in total. The second-order valence-electron chi connectivity index (χ2n) is 2.42.